The Morgan fingerprint density at radius 2 is 1.81 bits per heavy atom. The molecule has 3 N–H and O–H groups in total. The molecule has 2 heterocycles. The molecule has 0 saturated carbocycles. The van der Waals surface area contributed by atoms with Crippen LogP contribution in [0.5, 0.6) is 0 Å². The highest BCUT2D eigenvalue weighted by molar-refractivity contribution is 5.96. The zero-order valence-corrected chi connectivity index (χ0v) is 17.5. The van der Waals surface area contributed by atoms with Crippen LogP contribution in [0.25, 0.3) is 10.9 Å². The van der Waals surface area contributed by atoms with E-state index in [-0.39, 0.29) is 48.0 Å². The first-order chi connectivity index (χ1) is 15.1. The molecule has 0 aliphatic heterocycles. The fraction of sp³-hybridized carbons (Fsp3) is 0.273. The lowest BCUT2D eigenvalue weighted by Gasteiger charge is -2.12. The van der Waals surface area contributed by atoms with Crippen LogP contribution < -0.4 is 16.0 Å². The van der Waals surface area contributed by atoms with Crippen molar-refractivity contribution in [1.29, 1.82) is 0 Å². The molecule has 0 saturated heterocycles. The molecule has 3 rings (SSSR count). The van der Waals surface area contributed by atoms with E-state index in [1.807, 2.05) is 0 Å². The molecule has 0 radical (unpaired) electrons. The molecular weight excluding hydrogens is 423 g/mol. The highest BCUT2D eigenvalue weighted by atomic mass is 19.4. The number of nitrogens with zero attached hydrogens (tertiary/aromatic N) is 2. The normalized spacial score (nSPS) is 11.4. The van der Waals surface area contributed by atoms with Crippen molar-refractivity contribution in [3.63, 3.8) is 0 Å². The van der Waals surface area contributed by atoms with E-state index in [0.717, 1.165) is 6.07 Å². The molecule has 10 heteroatoms. The van der Waals surface area contributed by atoms with Gasteiger partial charge in [0, 0.05) is 36.2 Å². The lowest BCUT2D eigenvalue weighted by Crippen LogP contribution is -2.29. The summed E-state index contributed by atoms with van der Waals surface area (Å²) in [5.41, 5.74) is -0.621. The smallest absolute Gasteiger partial charge is 0.368 e. The monoisotopic (exact) mass is 445 g/mol. The number of hydrogen-bond donors (Lipinski definition) is 3. The average molecular weight is 445 g/mol. The summed E-state index contributed by atoms with van der Waals surface area (Å²) in [4.78, 5) is 32.2. The number of hydrogen-bond acceptors (Lipinski definition) is 5. The zero-order chi connectivity index (χ0) is 23.3. The maximum atomic E-state index is 13.2. The van der Waals surface area contributed by atoms with E-state index in [0.29, 0.717) is 10.9 Å². The van der Waals surface area contributed by atoms with Gasteiger partial charge in [-0.3, -0.25) is 9.59 Å². The van der Waals surface area contributed by atoms with E-state index in [9.17, 15) is 22.8 Å². The number of amides is 2. The largest absolute Gasteiger partial charge is 0.418 e. The molecule has 0 bridgehead atoms. The molecular formula is C22H22F3N5O2. The van der Waals surface area contributed by atoms with Gasteiger partial charge in [0.25, 0.3) is 5.91 Å². The van der Waals surface area contributed by atoms with Crippen LogP contribution in [0.3, 0.4) is 0 Å². The van der Waals surface area contributed by atoms with Crippen molar-refractivity contribution in [3.05, 3.63) is 59.8 Å². The Morgan fingerprint density at radius 1 is 1.03 bits per heavy atom. The van der Waals surface area contributed by atoms with Gasteiger partial charge >= 0.3 is 6.18 Å². The third-order valence-electron chi connectivity index (χ3n) is 4.54. The third-order valence-corrected chi connectivity index (χ3v) is 4.54. The Kier molecular flexibility index (Phi) is 6.92. The highest BCUT2D eigenvalue weighted by Crippen LogP contribution is 2.34. The lowest BCUT2D eigenvalue weighted by molar-refractivity contribution is -0.136. The fourth-order valence-electron chi connectivity index (χ4n) is 2.85. The number of nitrogens with one attached hydrogen (secondary N) is 3. The number of carbonyl (C=O) groups is 2. The number of aromatic nitrogens is 2. The van der Waals surface area contributed by atoms with Crippen molar-refractivity contribution in [2.24, 2.45) is 5.92 Å². The Morgan fingerprint density at radius 3 is 2.53 bits per heavy atom. The maximum absolute atomic E-state index is 13.2. The van der Waals surface area contributed by atoms with E-state index in [4.69, 9.17) is 0 Å². The van der Waals surface area contributed by atoms with Gasteiger partial charge in [0.15, 0.2) is 0 Å². The molecule has 168 valence electrons. The van der Waals surface area contributed by atoms with Gasteiger partial charge in [0.05, 0.1) is 11.1 Å². The second-order valence-corrected chi connectivity index (χ2v) is 7.33. The zero-order valence-electron chi connectivity index (χ0n) is 17.5. The third kappa shape index (κ3) is 5.71. The Balaban J connectivity index is 1.58. The van der Waals surface area contributed by atoms with Gasteiger partial charge in [-0.15, -0.1) is 0 Å². The molecule has 1 aromatic carbocycles. The van der Waals surface area contributed by atoms with Crippen LogP contribution in [0.4, 0.5) is 24.8 Å². The number of carbonyl (C=O) groups excluding carboxylic acids is 2. The van der Waals surface area contributed by atoms with Crippen molar-refractivity contribution >= 4 is 34.4 Å². The van der Waals surface area contributed by atoms with Crippen molar-refractivity contribution < 1.29 is 22.8 Å². The number of halogens is 3. The summed E-state index contributed by atoms with van der Waals surface area (Å²) in [5, 5.41) is 8.62. The Labute approximate surface area is 182 Å². The van der Waals surface area contributed by atoms with E-state index < -0.39 is 11.7 Å². The van der Waals surface area contributed by atoms with Gasteiger partial charge in [0.2, 0.25) is 5.91 Å². The predicted molar refractivity (Wildman–Crippen MR) is 115 cm³/mol. The standard InChI is InChI=1S/C22H22F3N5O2/c1-13(2)20(31)30-18-12-15(8-9-26-18)21(32)28-11-10-27-17-7-6-14-4-3-5-16(19(14)29-17)22(23,24)25/h3-9,12-13H,10-11H2,1-2H3,(H,27,29)(H,28,32)(H,26,30,31). The SMILES string of the molecule is CC(C)C(=O)Nc1cc(C(=O)NCCNc2ccc3cccc(C(F)(F)F)c3n2)ccn1. The average Bonchev–Trinajstić information content (AvgIpc) is 2.75. The van der Waals surface area contributed by atoms with Crippen LogP contribution in [-0.2, 0) is 11.0 Å². The first-order valence-corrected chi connectivity index (χ1v) is 9.91. The summed E-state index contributed by atoms with van der Waals surface area (Å²) in [6, 6.07) is 10.0. The molecule has 32 heavy (non-hydrogen) atoms. The minimum Gasteiger partial charge on any atom is -0.368 e. The number of alkyl halides is 3. The Bertz CT molecular complexity index is 1130. The van der Waals surface area contributed by atoms with Crippen LogP contribution in [0.15, 0.2) is 48.7 Å². The van der Waals surface area contributed by atoms with Gasteiger partial charge in [-0.1, -0.05) is 26.0 Å². The summed E-state index contributed by atoms with van der Waals surface area (Å²) < 4.78 is 39.6. The van der Waals surface area contributed by atoms with Gasteiger partial charge in [-0.2, -0.15) is 13.2 Å². The van der Waals surface area contributed by atoms with Crippen molar-refractivity contribution in [3.8, 4) is 0 Å². The lowest BCUT2D eigenvalue weighted by atomic mass is 10.1. The molecule has 3 aromatic rings. The summed E-state index contributed by atoms with van der Waals surface area (Å²) in [6.07, 6.45) is -3.09. The second kappa shape index (κ2) is 9.63. The molecule has 7 nitrogen and oxygen atoms in total. The molecule has 0 atom stereocenters. The molecule has 2 aromatic heterocycles. The highest BCUT2D eigenvalue weighted by Gasteiger charge is 2.33. The van der Waals surface area contributed by atoms with Crippen molar-refractivity contribution in [2.45, 2.75) is 20.0 Å². The van der Waals surface area contributed by atoms with Gasteiger partial charge in [0.1, 0.15) is 11.6 Å². The maximum Gasteiger partial charge on any atom is 0.418 e. The van der Waals surface area contributed by atoms with Crippen LogP contribution in [0, 0.1) is 5.92 Å². The van der Waals surface area contributed by atoms with Crippen molar-refractivity contribution in [1.82, 2.24) is 15.3 Å². The molecule has 0 aliphatic rings. The molecule has 0 fully saturated rings. The summed E-state index contributed by atoms with van der Waals surface area (Å²) >= 11 is 0. The van der Waals surface area contributed by atoms with E-state index in [1.165, 1.54) is 24.4 Å². The molecule has 0 aliphatic carbocycles. The molecule has 0 spiro atoms. The second-order valence-electron chi connectivity index (χ2n) is 7.33. The van der Waals surface area contributed by atoms with Gasteiger partial charge in [-0.05, 0) is 30.3 Å². The van der Waals surface area contributed by atoms with Crippen LogP contribution in [-0.4, -0.2) is 34.9 Å². The Hall–Kier alpha value is -3.69. The summed E-state index contributed by atoms with van der Waals surface area (Å²) in [6.45, 7) is 3.94. The minimum absolute atomic E-state index is 0.137. The van der Waals surface area contributed by atoms with Gasteiger partial charge in [-0.25, -0.2) is 9.97 Å². The number of benzene rings is 1. The number of rotatable bonds is 7. The minimum atomic E-state index is -4.50. The first-order valence-electron chi connectivity index (χ1n) is 9.91. The van der Waals surface area contributed by atoms with Gasteiger partial charge < -0.3 is 16.0 Å². The predicted octanol–water partition coefficient (Wildman–Crippen LogP) is 4.09. The number of pyridine rings is 2. The first kappa shape index (κ1) is 23.0. The number of para-hydroxylation sites is 1. The molecule has 2 amide bonds. The summed E-state index contributed by atoms with van der Waals surface area (Å²) in [5.74, 6) is -0.270. The molecule has 0 unspecified atom stereocenters. The van der Waals surface area contributed by atoms with Crippen LogP contribution in [0.2, 0.25) is 0 Å². The van der Waals surface area contributed by atoms with E-state index in [2.05, 4.69) is 25.9 Å². The topological polar surface area (TPSA) is 96.0 Å². The van der Waals surface area contributed by atoms with Crippen LogP contribution in [0.1, 0.15) is 29.8 Å². The van der Waals surface area contributed by atoms with Crippen LogP contribution >= 0.6 is 0 Å². The number of anilines is 2. The van der Waals surface area contributed by atoms with E-state index >= 15 is 0 Å². The number of fused-ring (bicyclic) bond motifs is 1. The van der Waals surface area contributed by atoms with E-state index in [1.54, 1.807) is 32.0 Å². The fourth-order valence-corrected chi connectivity index (χ4v) is 2.85. The van der Waals surface area contributed by atoms with Crippen molar-refractivity contribution in [2.75, 3.05) is 23.7 Å². The summed E-state index contributed by atoms with van der Waals surface area (Å²) in [7, 11) is 0. The quantitative estimate of drug-likeness (QED) is 0.476.